The van der Waals surface area contributed by atoms with E-state index in [1.165, 1.54) is 0 Å². The van der Waals surface area contributed by atoms with Crippen LogP contribution in [-0.4, -0.2) is 19.2 Å². The molecule has 84 valence electrons. The quantitative estimate of drug-likeness (QED) is 0.772. The molecular formula is C11H9Cl2NO2. The van der Waals surface area contributed by atoms with Gasteiger partial charge in [0, 0.05) is 5.39 Å². The lowest BCUT2D eigenvalue weighted by molar-refractivity contribution is 0.358. The first-order valence-electron chi connectivity index (χ1n) is 4.54. The minimum atomic E-state index is 0.323. The third-order valence-electron chi connectivity index (χ3n) is 2.24. The van der Waals surface area contributed by atoms with Crippen LogP contribution in [0, 0.1) is 0 Å². The predicted octanol–water partition coefficient (Wildman–Crippen LogP) is 3.56. The van der Waals surface area contributed by atoms with Gasteiger partial charge in [-0.1, -0.05) is 23.2 Å². The molecule has 0 amide bonds. The first kappa shape index (κ1) is 11.3. The van der Waals surface area contributed by atoms with E-state index < -0.39 is 0 Å². The van der Waals surface area contributed by atoms with Crippen molar-refractivity contribution >= 4 is 34.1 Å². The third kappa shape index (κ3) is 1.77. The van der Waals surface area contributed by atoms with Gasteiger partial charge in [0.25, 0.3) is 0 Å². The van der Waals surface area contributed by atoms with Gasteiger partial charge in [-0.05, 0) is 18.2 Å². The zero-order valence-electron chi connectivity index (χ0n) is 8.75. The van der Waals surface area contributed by atoms with Crippen LogP contribution in [0.1, 0.15) is 0 Å². The summed E-state index contributed by atoms with van der Waals surface area (Å²) in [7, 11) is 3.11. The Hall–Kier alpha value is -1.19. The molecule has 0 saturated carbocycles. The summed E-state index contributed by atoms with van der Waals surface area (Å²) >= 11 is 11.9. The van der Waals surface area contributed by atoms with Crippen LogP contribution < -0.4 is 9.47 Å². The molecule has 2 rings (SSSR count). The van der Waals surface area contributed by atoms with E-state index in [-0.39, 0.29) is 0 Å². The van der Waals surface area contributed by atoms with Crippen molar-refractivity contribution in [3.8, 4) is 11.5 Å². The van der Waals surface area contributed by atoms with E-state index in [4.69, 9.17) is 32.7 Å². The molecule has 1 heterocycles. The second-order valence-electron chi connectivity index (χ2n) is 3.12. The van der Waals surface area contributed by atoms with Crippen LogP contribution in [0.2, 0.25) is 10.2 Å². The highest BCUT2D eigenvalue weighted by Gasteiger charge is 2.13. The number of nitrogens with zero attached hydrogens (tertiary/aromatic N) is 1. The maximum Gasteiger partial charge on any atom is 0.187 e. The van der Waals surface area contributed by atoms with Crippen molar-refractivity contribution in [3.05, 3.63) is 28.4 Å². The molecule has 0 bridgehead atoms. The molecule has 3 nitrogen and oxygen atoms in total. The summed E-state index contributed by atoms with van der Waals surface area (Å²) in [5.74, 6) is 1.13. The standard InChI is InChI=1S/C11H9Cl2NO2/c1-15-8-4-3-6-7(12)5-9(13)14-10(6)11(8)16-2/h3-5H,1-2H3. The van der Waals surface area contributed by atoms with E-state index in [1.807, 2.05) is 6.07 Å². The molecular weight excluding hydrogens is 249 g/mol. The largest absolute Gasteiger partial charge is 0.493 e. The van der Waals surface area contributed by atoms with Crippen molar-refractivity contribution in [2.24, 2.45) is 0 Å². The lowest BCUT2D eigenvalue weighted by Gasteiger charge is -2.10. The highest BCUT2D eigenvalue weighted by molar-refractivity contribution is 6.38. The molecule has 0 aliphatic heterocycles. The lowest BCUT2D eigenvalue weighted by Crippen LogP contribution is -1.93. The van der Waals surface area contributed by atoms with E-state index in [2.05, 4.69) is 4.98 Å². The third-order valence-corrected chi connectivity index (χ3v) is 2.75. The zero-order valence-corrected chi connectivity index (χ0v) is 10.3. The lowest BCUT2D eigenvalue weighted by atomic mass is 10.2. The molecule has 0 atom stereocenters. The van der Waals surface area contributed by atoms with Gasteiger partial charge in [-0.25, -0.2) is 4.98 Å². The zero-order chi connectivity index (χ0) is 11.7. The topological polar surface area (TPSA) is 31.4 Å². The van der Waals surface area contributed by atoms with Crippen molar-refractivity contribution in [1.29, 1.82) is 0 Å². The van der Waals surface area contributed by atoms with E-state index in [1.54, 1.807) is 26.4 Å². The molecule has 0 saturated heterocycles. The van der Waals surface area contributed by atoms with Gasteiger partial charge in [0.2, 0.25) is 0 Å². The molecule has 5 heteroatoms. The monoisotopic (exact) mass is 257 g/mol. The van der Waals surface area contributed by atoms with Crippen molar-refractivity contribution in [3.63, 3.8) is 0 Å². The Bertz CT molecular complexity index is 543. The molecule has 0 N–H and O–H groups in total. The Kier molecular flexibility index (Phi) is 3.08. The number of hydrogen-bond acceptors (Lipinski definition) is 3. The number of fused-ring (bicyclic) bond motifs is 1. The van der Waals surface area contributed by atoms with Gasteiger partial charge in [0.15, 0.2) is 11.5 Å². The summed E-state index contributed by atoms with van der Waals surface area (Å²) in [5.41, 5.74) is 0.597. The number of rotatable bonds is 2. The molecule has 0 aliphatic rings. The normalized spacial score (nSPS) is 10.5. The van der Waals surface area contributed by atoms with Crippen LogP contribution in [0.3, 0.4) is 0 Å². The number of hydrogen-bond donors (Lipinski definition) is 0. The summed E-state index contributed by atoms with van der Waals surface area (Å²) in [5, 5.41) is 1.64. The number of aromatic nitrogens is 1. The van der Waals surface area contributed by atoms with Crippen LogP contribution in [0.25, 0.3) is 10.9 Å². The summed E-state index contributed by atoms with van der Waals surface area (Å²) < 4.78 is 10.4. The molecule has 16 heavy (non-hydrogen) atoms. The van der Waals surface area contributed by atoms with Crippen LogP contribution >= 0.6 is 23.2 Å². The minimum Gasteiger partial charge on any atom is -0.493 e. The fourth-order valence-electron chi connectivity index (χ4n) is 1.54. The van der Waals surface area contributed by atoms with E-state index in [0.717, 1.165) is 5.39 Å². The first-order chi connectivity index (χ1) is 7.67. The Balaban J connectivity index is 2.86. The van der Waals surface area contributed by atoms with Crippen molar-refractivity contribution in [2.45, 2.75) is 0 Å². The Morgan fingerprint density at radius 1 is 1.12 bits per heavy atom. The SMILES string of the molecule is COc1ccc2c(Cl)cc(Cl)nc2c1OC. The number of pyridine rings is 1. The average Bonchev–Trinajstić information content (AvgIpc) is 2.27. The smallest absolute Gasteiger partial charge is 0.187 e. The number of halogens is 2. The maximum atomic E-state index is 6.07. The molecule has 1 aromatic carbocycles. The van der Waals surface area contributed by atoms with Gasteiger partial charge in [-0.3, -0.25) is 0 Å². The summed E-state index contributed by atoms with van der Waals surface area (Å²) in [6.07, 6.45) is 0. The predicted molar refractivity (Wildman–Crippen MR) is 64.9 cm³/mol. The van der Waals surface area contributed by atoms with Crippen molar-refractivity contribution in [1.82, 2.24) is 4.98 Å². The van der Waals surface area contributed by atoms with Crippen molar-refractivity contribution in [2.75, 3.05) is 14.2 Å². The number of methoxy groups -OCH3 is 2. The summed E-state index contributed by atoms with van der Waals surface area (Å²) in [4.78, 5) is 4.19. The van der Waals surface area contributed by atoms with Crippen LogP contribution in [0.5, 0.6) is 11.5 Å². The first-order valence-corrected chi connectivity index (χ1v) is 5.29. The van der Waals surface area contributed by atoms with Crippen LogP contribution in [0.15, 0.2) is 18.2 Å². The molecule has 0 unspecified atom stereocenters. The maximum absolute atomic E-state index is 6.07. The molecule has 0 spiro atoms. The molecule has 0 fully saturated rings. The highest BCUT2D eigenvalue weighted by atomic mass is 35.5. The van der Waals surface area contributed by atoms with Crippen molar-refractivity contribution < 1.29 is 9.47 Å². The average molecular weight is 258 g/mol. The van der Waals surface area contributed by atoms with Crippen LogP contribution in [0.4, 0.5) is 0 Å². The van der Waals surface area contributed by atoms with Gasteiger partial charge < -0.3 is 9.47 Å². The van der Waals surface area contributed by atoms with Crippen LogP contribution in [-0.2, 0) is 0 Å². The van der Waals surface area contributed by atoms with E-state index in [9.17, 15) is 0 Å². The van der Waals surface area contributed by atoms with E-state index in [0.29, 0.717) is 27.2 Å². The fraction of sp³-hybridized carbons (Fsp3) is 0.182. The number of ether oxygens (including phenoxy) is 2. The van der Waals surface area contributed by atoms with Gasteiger partial charge in [-0.15, -0.1) is 0 Å². The Morgan fingerprint density at radius 2 is 1.88 bits per heavy atom. The summed E-state index contributed by atoms with van der Waals surface area (Å²) in [6.45, 7) is 0. The van der Waals surface area contributed by atoms with Gasteiger partial charge in [-0.2, -0.15) is 0 Å². The molecule has 0 radical (unpaired) electrons. The van der Waals surface area contributed by atoms with Gasteiger partial charge in [0.05, 0.1) is 19.2 Å². The minimum absolute atomic E-state index is 0.323. The highest BCUT2D eigenvalue weighted by Crippen LogP contribution is 2.37. The molecule has 1 aromatic heterocycles. The summed E-state index contributed by atoms with van der Waals surface area (Å²) in [6, 6.07) is 5.20. The van der Waals surface area contributed by atoms with E-state index >= 15 is 0 Å². The molecule has 2 aromatic rings. The second-order valence-corrected chi connectivity index (χ2v) is 3.92. The second kappa shape index (κ2) is 4.36. The molecule has 0 aliphatic carbocycles. The Labute approximate surface area is 103 Å². The van der Waals surface area contributed by atoms with Gasteiger partial charge in [0.1, 0.15) is 10.7 Å². The van der Waals surface area contributed by atoms with Gasteiger partial charge >= 0.3 is 0 Å². The fourth-order valence-corrected chi connectivity index (χ4v) is 2.04. The number of benzene rings is 1. The Morgan fingerprint density at radius 3 is 2.50 bits per heavy atom.